The van der Waals surface area contributed by atoms with Crippen molar-refractivity contribution in [3.63, 3.8) is 0 Å². The molecule has 0 radical (unpaired) electrons. The van der Waals surface area contributed by atoms with Crippen LogP contribution in [0.15, 0.2) is 53.7 Å². The Balaban J connectivity index is 0.00000300. The average molecular weight is 507 g/mol. The van der Waals surface area contributed by atoms with Crippen molar-refractivity contribution < 1.29 is 0 Å². The monoisotopic (exact) mass is 507 g/mol. The smallest absolute Gasteiger partial charge is 0.191 e. The van der Waals surface area contributed by atoms with E-state index < -0.39 is 0 Å². The molecule has 0 bridgehead atoms. The first kappa shape index (κ1) is 23.6. The Hall–Kier alpha value is -1.67. The van der Waals surface area contributed by atoms with E-state index in [2.05, 4.69) is 51.7 Å². The third-order valence-electron chi connectivity index (χ3n) is 5.13. The van der Waals surface area contributed by atoms with Crippen LogP contribution in [0.4, 0.5) is 0 Å². The molecular weight excluding hydrogens is 473 g/mol. The van der Waals surface area contributed by atoms with Gasteiger partial charge in [-0.25, -0.2) is 4.99 Å². The number of hydrogen-bond acceptors (Lipinski definition) is 3. The van der Waals surface area contributed by atoms with Crippen molar-refractivity contribution in [3.8, 4) is 0 Å². The number of nitrogens with zero attached hydrogens (tertiary/aromatic N) is 3. The van der Waals surface area contributed by atoms with Crippen LogP contribution >= 0.6 is 24.0 Å². The van der Waals surface area contributed by atoms with Crippen LogP contribution in [0.1, 0.15) is 49.4 Å². The van der Waals surface area contributed by atoms with Crippen LogP contribution in [0, 0.1) is 0 Å². The molecule has 0 atom stereocenters. The highest BCUT2D eigenvalue weighted by Crippen LogP contribution is 2.17. The molecule has 1 aromatic heterocycles. The molecule has 158 valence electrons. The number of halogens is 1. The van der Waals surface area contributed by atoms with Crippen molar-refractivity contribution in [2.24, 2.45) is 4.99 Å². The van der Waals surface area contributed by atoms with Gasteiger partial charge in [-0.15, -0.1) is 24.0 Å². The summed E-state index contributed by atoms with van der Waals surface area (Å²) in [6.45, 7) is 7.74. The van der Waals surface area contributed by atoms with Crippen molar-refractivity contribution >= 4 is 29.9 Å². The fourth-order valence-electron chi connectivity index (χ4n) is 3.58. The summed E-state index contributed by atoms with van der Waals surface area (Å²) in [5.74, 6) is 0.831. The van der Waals surface area contributed by atoms with Crippen molar-refractivity contribution in [3.05, 3.63) is 65.5 Å². The summed E-state index contributed by atoms with van der Waals surface area (Å²) in [6, 6.07) is 14.7. The number of pyridine rings is 1. The van der Waals surface area contributed by atoms with Crippen molar-refractivity contribution in [2.75, 3.05) is 19.6 Å². The second-order valence-electron chi connectivity index (χ2n) is 7.33. The fourth-order valence-corrected chi connectivity index (χ4v) is 3.58. The Labute approximate surface area is 192 Å². The van der Waals surface area contributed by atoms with E-state index in [9.17, 15) is 0 Å². The van der Waals surface area contributed by atoms with E-state index in [0.29, 0.717) is 13.1 Å². The number of aliphatic imine (C=N–C) groups is 1. The third kappa shape index (κ3) is 8.30. The highest BCUT2D eigenvalue weighted by Gasteiger charge is 2.11. The van der Waals surface area contributed by atoms with Crippen LogP contribution in [0.3, 0.4) is 0 Å². The topological polar surface area (TPSA) is 52.6 Å². The SMILES string of the molecule is CCNC(=NCc1ccccc1CN1CCCCCC1)NCc1ccccn1.I. The number of nitrogens with one attached hydrogen (secondary N) is 2. The van der Waals surface area contributed by atoms with Crippen molar-refractivity contribution in [1.82, 2.24) is 20.5 Å². The molecule has 3 rings (SSSR count). The summed E-state index contributed by atoms with van der Waals surface area (Å²) in [5.41, 5.74) is 3.71. The maximum Gasteiger partial charge on any atom is 0.191 e. The van der Waals surface area contributed by atoms with Gasteiger partial charge < -0.3 is 10.6 Å². The quantitative estimate of drug-likeness (QED) is 0.333. The highest BCUT2D eigenvalue weighted by molar-refractivity contribution is 14.0. The van der Waals surface area contributed by atoms with E-state index in [4.69, 9.17) is 4.99 Å². The van der Waals surface area contributed by atoms with Crippen LogP contribution in [-0.4, -0.2) is 35.5 Å². The van der Waals surface area contributed by atoms with Crippen LogP contribution in [-0.2, 0) is 19.6 Å². The largest absolute Gasteiger partial charge is 0.357 e. The average Bonchev–Trinajstić information content (AvgIpc) is 3.00. The molecule has 2 aromatic rings. The molecule has 1 fully saturated rings. The first-order valence-electron chi connectivity index (χ1n) is 10.6. The Morgan fingerprint density at radius 2 is 1.69 bits per heavy atom. The summed E-state index contributed by atoms with van der Waals surface area (Å²) in [5, 5.41) is 6.72. The lowest BCUT2D eigenvalue weighted by Gasteiger charge is -2.21. The lowest BCUT2D eigenvalue weighted by Crippen LogP contribution is -2.37. The van der Waals surface area contributed by atoms with E-state index >= 15 is 0 Å². The van der Waals surface area contributed by atoms with Crippen molar-refractivity contribution in [1.29, 1.82) is 0 Å². The van der Waals surface area contributed by atoms with E-state index in [0.717, 1.165) is 24.7 Å². The van der Waals surface area contributed by atoms with Gasteiger partial charge in [0.2, 0.25) is 0 Å². The second-order valence-corrected chi connectivity index (χ2v) is 7.33. The molecule has 1 aliphatic heterocycles. The van der Waals surface area contributed by atoms with Gasteiger partial charge in [0, 0.05) is 19.3 Å². The van der Waals surface area contributed by atoms with Crippen LogP contribution < -0.4 is 10.6 Å². The molecule has 1 aliphatic rings. The molecule has 1 saturated heterocycles. The van der Waals surface area contributed by atoms with Gasteiger partial charge >= 0.3 is 0 Å². The van der Waals surface area contributed by atoms with Gasteiger partial charge in [0.15, 0.2) is 5.96 Å². The predicted octanol–water partition coefficient (Wildman–Crippen LogP) is 4.33. The molecule has 0 spiro atoms. The van der Waals surface area contributed by atoms with Gasteiger partial charge in [0.25, 0.3) is 0 Å². The van der Waals surface area contributed by atoms with Gasteiger partial charge in [-0.1, -0.05) is 43.2 Å². The third-order valence-corrected chi connectivity index (χ3v) is 5.13. The minimum absolute atomic E-state index is 0. The lowest BCUT2D eigenvalue weighted by molar-refractivity contribution is 0.276. The van der Waals surface area contributed by atoms with E-state index in [1.54, 1.807) is 0 Å². The summed E-state index contributed by atoms with van der Waals surface area (Å²) in [6.07, 6.45) is 7.21. The molecule has 2 heterocycles. The highest BCUT2D eigenvalue weighted by atomic mass is 127. The van der Waals surface area contributed by atoms with Crippen LogP contribution in [0.2, 0.25) is 0 Å². The minimum Gasteiger partial charge on any atom is -0.357 e. The summed E-state index contributed by atoms with van der Waals surface area (Å²) >= 11 is 0. The second kappa shape index (κ2) is 13.5. The zero-order chi connectivity index (χ0) is 19.4. The molecule has 2 N–H and O–H groups in total. The fraction of sp³-hybridized carbons (Fsp3) is 0.478. The first-order valence-corrected chi connectivity index (χ1v) is 10.6. The summed E-state index contributed by atoms with van der Waals surface area (Å²) in [4.78, 5) is 11.8. The maximum atomic E-state index is 4.82. The zero-order valence-electron chi connectivity index (χ0n) is 17.4. The number of benzene rings is 1. The molecule has 0 amide bonds. The molecule has 5 nitrogen and oxygen atoms in total. The minimum atomic E-state index is 0. The Morgan fingerprint density at radius 1 is 0.966 bits per heavy atom. The van der Waals surface area contributed by atoms with Gasteiger partial charge in [0.1, 0.15) is 0 Å². The van der Waals surface area contributed by atoms with Crippen molar-refractivity contribution in [2.45, 2.75) is 52.2 Å². The molecular formula is C23H34IN5. The molecule has 6 heteroatoms. The summed E-state index contributed by atoms with van der Waals surface area (Å²) < 4.78 is 0. The Kier molecular flexibility index (Phi) is 11.0. The standard InChI is InChI=1S/C23H33N5.HI/c1-2-24-23(27-18-22-13-7-8-14-25-22)26-17-20-11-5-6-12-21(20)19-28-15-9-3-4-10-16-28;/h5-8,11-14H,2-4,9-10,15-19H2,1H3,(H2,24,26,27);1H. The van der Waals surface area contributed by atoms with Gasteiger partial charge in [-0.05, 0) is 56.1 Å². The van der Waals surface area contributed by atoms with Gasteiger partial charge in [-0.3, -0.25) is 9.88 Å². The first-order chi connectivity index (χ1) is 13.8. The number of aromatic nitrogens is 1. The summed E-state index contributed by atoms with van der Waals surface area (Å²) in [7, 11) is 0. The number of hydrogen-bond donors (Lipinski definition) is 2. The molecule has 0 aliphatic carbocycles. The van der Waals surface area contributed by atoms with E-state index in [-0.39, 0.29) is 24.0 Å². The number of likely N-dealkylation sites (tertiary alicyclic amines) is 1. The molecule has 0 unspecified atom stereocenters. The van der Waals surface area contributed by atoms with Gasteiger partial charge in [0.05, 0.1) is 18.8 Å². The number of guanidine groups is 1. The van der Waals surface area contributed by atoms with E-state index in [1.807, 2.05) is 24.4 Å². The molecule has 1 aromatic carbocycles. The zero-order valence-corrected chi connectivity index (χ0v) is 19.8. The Bertz CT molecular complexity index is 727. The Morgan fingerprint density at radius 3 is 2.38 bits per heavy atom. The molecule has 29 heavy (non-hydrogen) atoms. The predicted molar refractivity (Wildman–Crippen MR) is 131 cm³/mol. The van der Waals surface area contributed by atoms with Crippen LogP contribution in [0.5, 0.6) is 0 Å². The van der Waals surface area contributed by atoms with Crippen LogP contribution in [0.25, 0.3) is 0 Å². The van der Waals surface area contributed by atoms with E-state index in [1.165, 1.54) is 49.9 Å². The maximum absolute atomic E-state index is 4.82. The van der Waals surface area contributed by atoms with Gasteiger partial charge in [-0.2, -0.15) is 0 Å². The normalized spacial score (nSPS) is 15.3. The lowest BCUT2D eigenvalue weighted by atomic mass is 10.1. The number of rotatable bonds is 7. The molecule has 0 saturated carbocycles.